The van der Waals surface area contributed by atoms with E-state index in [0.717, 1.165) is 18.6 Å². The first-order valence-corrected chi connectivity index (χ1v) is 7.09. The summed E-state index contributed by atoms with van der Waals surface area (Å²) in [4.78, 5) is 25.0. The van der Waals surface area contributed by atoms with Gasteiger partial charge >= 0.3 is 0 Å². The van der Waals surface area contributed by atoms with Crippen molar-refractivity contribution in [3.63, 3.8) is 0 Å². The summed E-state index contributed by atoms with van der Waals surface area (Å²) < 4.78 is 26.2. The Morgan fingerprint density at radius 3 is 2.52 bits per heavy atom. The van der Waals surface area contributed by atoms with E-state index in [4.69, 9.17) is 0 Å². The van der Waals surface area contributed by atoms with E-state index >= 15 is 0 Å². The molecular formula is C16H17F2NO2. The monoisotopic (exact) mass is 293 g/mol. The number of nitrogens with one attached hydrogen (secondary N) is 1. The summed E-state index contributed by atoms with van der Waals surface area (Å²) in [6.45, 7) is 3.89. The summed E-state index contributed by atoms with van der Waals surface area (Å²) in [6.07, 6.45) is 1.81. The molecule has 1 amide bonds. The van der Waals surface area contributed by atoms with Crippen LogP contribution in [-0.4, -0.2) is 11.7 Å². The van der Waals surface area contributed by atoms with Gasteiger partial charge in [-0.2, -0.15) is 0 Å². The number of halogens is 2. The van der Waals surface area contributed by atoms with Gasteiger partial charge in [-0.25, -0.2) is 8.78 Å². The van der Waals surface area contributed by atoms with Gasteiger partial charge in [0.1, 0.15) is 11.2 Å². The van der Waals surface area contributed by atoms with Crippen LogP contribution in [0, 0.1) is 28.4 Å². The number of anilines is 1. The second kappa shape index (κ2) is 4.36. The van der Waals surface area contributed by atoms with Crippen molar-refractivity contribution < 1.29 is 18.4 Å². The van der Waals surface area contributed by atoms with Crippen LogP contribution in [0.1, 0.15) is 33.1 Å². The third-order valence-corrected chi connectivity index (χ3v) is 5.46. The molecule has 2 aliphatic rings. The molecule has 3 nitrogen and oxygen atoms in total. The predicted molar refractivity (Wildman–Crippen MR) is 73.5 cm³/mol. The van der Waals surface area contributed by atoms with Gasteiger partial charge in [0.15, 0.2) is 11.6 Å². The van der Waals surface area contributed by atoms with Crippen molar-refractivity contribution in [2.24, 2.45) is 16.7 Å². The molecular weight excluding hydrogens is 276 g/mol. The highest BCUT2D eigenvalue weighted by Gasteiger charge is 2.68. The van der Waals surface area contributed by atoms with E-state index in [9.17, 15) is 18.4 Å². The number of amides is 1. The van der Waals surface area contributed by atoms with Crippen LogP contribution in [0.5, 0.6) is 0 Å². The Bertz CT molecular complexity index is 641. The van der Waals surface area contributed by atoms with Gasteiger partial charge in [-0.15, -0.1) is 0 Å². The first-order valence-electron chi connectivity index (χ1n) is 7.09. The molecule has 112 valence electrons. The van der Waals surface area contributed by atoms with E-state index < -0.39 is 28.4 Å². The fourth-order valence-electron chi connectivity index (χ4n) is 4.02. The van der Waals surface area contributed by atoms with E-state index in [1.54, 1.807) is 0 Å². The molecule has 2 saturated carbocycles. The Labute approximate surface area is 121 Å². The molecule has 2 aliphatic carbocycles. The first-order chi connectivity index (χ1) is 9.79. The summed E-state index contributed by atoms with van der Waals surface area (Å²) in [7, 11) is 0. The summed E-state index contributed by atoms with van der Waals surface area (Å²) in [5, 5.41) is 2.59. The highest BCUT2D eigenvalue weighted by molar-refractivity contribution is 6.14. The van der Waals surface area contributed by atoms with E-state index in [-0.39, 0.29) is 17.4 Å². The molecule has 2 atom stereocenters. The number of fused-ring (bicyclic) bond motifs is 2. The van der Waals surface area contributed by atoms with Gasteiger partial charge in [0.25, 0.3) is 0 Å². The van der Waals surface area contributed by atoms with Gasteiger partial charge in [0.2, 0.25) is 5.91 Å². The average molecular weight is 293 g/mol. The van der Waals surface area contributed by atoms with Gasteiger partial charge in [-0.05, 0) is 36.3 Å². The Morgan fingerprint density at radius 2 is 2.00 bits per heavy atom. The van der Waals surface area contributed by atoms with Crippen molar-refractivity contribution in [2.45, 2.75) is 33.1 Å². The van der Waals surface area contributed by atoms with Crippen molar-refractivity contribution >= 4 is 17.4 Å². The van der Waals surface area contributed by atoms with Gasteiger partial charge in [-0.1, -0.05) is 13.8 Å². The number of rotatable bonds is 2. The van der Waals surface area contributed by atoms with Crippen LogP contribution in [0.3, 0.4) is 0 Å². The minimum Gasteiger partial charge on any atom is -0.325 e. The number of Topliss-reactive ketones (excluding diaryl/α,β-unsaturated/α-hetero) is 1. The minimum atomic E-state index is -1.04. The Hall–Kier alpha value is -1.78. The number of benzene rings is 1. The SMILES string of the molecule is CC1(C)C2CCC1(C(=O)Nc1ccc(F)c(F)c1)C(=O)C2. The molecule has 2 unspecified atom stereocenters. The zero-order valence-electron chi connectivity index (χ0n) is 12.0. The zero-order valence-corrected chi connectivity index (χ0v) is 12.0. The molecule has 2 fully saturated rings. The number of carbonyl (C=O) groups is 2. The van der Waals surface area contributed by atoms with Crippen molar-refractivity contribution in [3.05, 3.63) is 29.8 Å². The average Bonchev–Trinajstić information content (AvgIpc) is 2.77. The quantitative estimate of drug-likeness (QED) is 0.850. The van der Waals surface area contributed by atoms with Crippen LogP contribution in [0.4, 0.5) is 14.5 Å². The van der Waals surface area contributed by atoms with Crippen LogP contribution in [0.25, 0.3) is 0 Å². The molecule has 0 radical (unpaired) electrons. The summed E-state index contributed by atoms with van der Waals surface area (Å²) in [6, 6.07) is 3.19. The molecule has 1 aromatic carbocycles. The zero-order chi connectivity index (χ0) is 15.4. The van der Waals surface area contributed by atoms with Crippen LogP contribution in [0.15, 0.2) is 18.2 Å². The lowest BCUT2D eigenvalue weighted by Gasteiger charge is -2.34. The lowest BCUT2D eigenvalue weighted by molar-refractivity contribution is -0.141. The predicted octanol–water partition coefficient (Wildman–Crippen LogP) is 3.30. The minimum absolute atomic E-state index is 0.0381. The van der Waals surface area contributed by atoms with Gasteiger partial charge in [-0.3, -0.25) is 9.59 Å². The van der Waals surface area contributed by atoms with Gasteiger partial charge in [0.05, 0.1) is 0 Å². The van der Waals surface area contributed by atoms with Gasteiger partial charge < -0.3 is 5.32 Å². The van der Waals surface area contributed by atoms with Crippen LogP contribution < -0.4 is 5.32 Å². The Balaban J connectivity index is 1.91. The van der Waals surface area contributed by atoms with E-state index in [0.29, 0.717) is 12.8 Å². The maximum Gasteiger partial charge on any atom is 0.238 e. The maximum atomic E-state index is 13.2. The lowest BCUT2D eigenvalue weighted by Crippen LogP contribution is -2.46. The largest absolute Gasteiger partial charge is 0.325 e. The molecule has 21 heavy (non-hydrogen) atoms. The third kappa shape index (κ3) is 1.76. The number of carbonyl (C=O) groups excluding carboxylic acids is 2. The Morgan fingerprint density at radius 1 is 1.29 bits per heavy atom. The fourth-order valence-corrected chi connectivity index (χ4v) is 4.02. The number of hydrogen-bond acceptors (Lipinski definition) is 2. The molecule has 2 bridgehead atoms. The summed E-state index contributed by atoms with van der Waals surface area (Å²) in [5.74, 6) is -2.20. The van der Waals surface area contributed by atoms with E-state index in [1.807, 2.05) is 13.8 Å². The highest BCUT2D eigenvalue weighted by Crippen LogP contribution is 2.64. The van der Waals surface area contributed by atoms with Crippen LogP contribution in [-0.2, 0) is 9.59 Å². The van der Waals surface area contributed by atoms with E-state index in [1.165, 1.54) is 6.07 Å². The molecule has 5 heteroatoms. The molecule has 1 N–H and O–H groups in total. The summed E-state index contributed by atoms with van der Waals surface area (Å²) >= 11 is 0. The highest BCUT2D eigenvalue weighted by atomic mass is 19.2. The smallest absolute Gasteiger partial charge is 0.238 e. The van der Waals surface area contributed by atoms with Crippen molar-refractivity contribution in [2.75, 3.05) is 5.32 Å². The number of hydrogen-bond donors (Lipinski definition) is 1. The molecule has 0 aromatic heterocycles. The fraction of sp³-hybridized carbons (Fsp3) is 0.500. The summed E-state index contributed by atoms with van der Waals surface area (Å²) in [5.41, 5.74) is -1.26. The van der Waals surface area contributed by atoms with Crippen LogP contribution in [0.2, 0.25) is 0 Å². The van der Waals surface area contributed by atoms with Crippen molar-refractivity contribution in [1.82, 2.24) is 0 Å². The molecule has 1 aromatic rings. The van der Waals surface area contributed by atoms with E-state index in [2.05, 4.69) is 5.32 Å². The number of ketones is 1. The molecule has 0 aliphatic heterocycles. The molecule has 0 saturated heterocycles. The van der Waals surface area contributed by atoms with Crippen molar-refractivity contribution in [1.29, 1.82) is 0 Å². The third-order valence-electron chi connectivity index (χ3n) is 5.46. The lowest BCUT2D eigenvalue weighted by atomic mass is 9.68. The van der Waals surface area contributed by atoms with Crippen molar-refractivity contribution in [3.8, 4) is 0 Å². The second-order valence-corrected chi connectivity index (χ2v) is 6.57. The maximum absolute atomic E-state index is 13.2. The first kappa shape index (κ1) is 14.2. The molecule has 3 rings (SSSR count). The van der Waals surface area contributed by atoms with Gasteiger partial charge in [0, 0.05) is 18.2 Å². The van der Waals surface area contributed by atoms with Crippen LogP contribution >= 0.6 is 0 Å². The normalized spacial score (nSPS) is 29.7. The second-order valence-electron chi connectivity index (χ2n) is 6.57. The topological polar surface area (TPSA) is 46.2 Å². The standard InChI is InChI=1S/C16H17F2NO2/c1-15(2)9-5-6-16(15,13(20)7-9)14(21)19-10-3-4-11(17)12(18)8-10/h3-4,8-9H,5-7H2,1-2H3,(H,19,21). The molecule has 0 spiro atoms. The molecule has 0 heterocycles. The Kier molecular flexibility index (Phi) is 2.94.